The van der Waals surface area contributed by atoms with Crippen molar-refractivity contribution in [2.75, 3.05) is 0 Å². The molecule has 19 heavy (non-hydrogen) atoms. The minimum absolute atomic E-state index is 0.0566. The van der Waals surface area contributed by atoms with Gasteiger partial charge in [-0.3, -0.25) is 0 Å². The van der Waals surface area contributed by atoms with E-state index in [1.165, 1.54) is 24.3 Å². The lowest BCUT2D eigenvalue weighted by Crippen LogP contribution is -2.23. The van der Waals surface area contributed by atoms with Gasteiger partial charge in [-0.2, -0.15) is 0 Å². The quantitative estimate of drug-likeness (QED) is 0.900. The summed E-state index contributed by atoms with van der Waals surface area (Å²) < 4.78 is 26.6. The van der Waals surface area contributed by atoms with Crippen molar-refractivity contribution in [3.8, 4) is 5.75 Å². The van der Waals surface area contributed by atoms with Crippen LogP contribution in [0.1, 0.15) is 11.1 Å². The first-order valence-electron chi connectivity index (χ1n) is 5.82. The average Bonchev–Trinajstić information content (AvgIpc) is 2.38. The Hall–Kier alpha value is -1.85. The van der Waals surface area contributed by atoms with Crippen LogP contribution in [-0.2, 0) is 16.6 Å². The predicted molar refractivity (Wildman–Crippen MR) is 73.3 cm³/mol. The molecule has 0 saturated carbocycles. The van der Waals surface area contributed by atoms with E-state index in [2.05, 4.69) is 4.72 Å². The topological polar surface area (TPSA) is 66.4 Å². The van der Waals surface area contributed by atoms with Gasteiger partial charge < -0.3 is 5.11 Å². The summed E-state index contributed by atoms with van der Waals surface area (Å²) in [5.41, 5.74) is 1.95. The Balaban J connectivity index is 2.17. The molecule has 2 N–H and O–H groups in total. The molecule has 0 bridgehead atoms. The first-order valence-corrected chi connectivity index (χ1v) is 7.30. The van der Waals surface area contributed by atoms with Crippen LogP contribution in [0.3, 0.4) is 0 Å². The fourth-order valence-corrected chi connectivity index (χ4v) is 2.76. The van der Waals surface area contributed by atoms with Crippen LogP contribution in [-0.4, -0.2) is 13.5 Å². The van der Waals surface area contributed by atoms with Crippen molar-refractivity contribution in [2.24, 2.45) is 0 Å². The van der Waals surface area contributed by atoms with Gasteiger partial charge in [0.2, 0.25) is 10.0 Å². The molecule has 0 aliphatic heterocycles. The van der Waals surface area contributed by atoms with Gasteiger partial charge in [0, 0.05) is 6.54 Å². The Morgan fingerprint density at radius 1 is 1.11 bits per heavy atom. The van der Waals surface area contributed by atoms with Crippen LogP contribution in [0.15, 0.2) is 53.4 Å². The van der Waals surface area contributed by atoms with E-state index in [4.69, 9.17) is 0 Å². The minimum atomic E-state index is -3.61. The lowest BCUT2D eigenvalue weighted by atomic mass is 10.1. The molecule has 0 fully saturated rings. The van der Waals surface area contributed by atoms with Gasteiger partial charge >= 0.3 is 0 Å². The van der Waals surface area contributed by atoms with Crippen LogP contribution in [0, 0.1) is 6.92 Å². The third kappa shape index (κ3) is 3.33. The number of phenols is 1. The molecule has 2 rings (SSSR count). The summed E-state index contributed by atoms with van der Waals surface area (Å²) in [7, 11) is -3.61. The summed E-state index contributed by atoms with van der Waals surface area (Å²) in [4.78, 5) is 0.0566. The van der Waals surface area contributed by atoms with Crippen molar-refractivity contribution >= 4 is 10.0 Å². The largest absolute Gasteiger partial charge is 0.508 e. The van der Waals surface area contributed by atoms with E-state index in [0.29, 0.717) is 0 Å². The molecule has 100 valence electrons. The second-order valence-electron chi connectivity index (χ2n) is 4.25. The molecule has 0 radical (unpaired) electrons. The molecule has 4 nitrogen and oxygen atoms in total. The number of aryl methyl sites for hydroxylation is 1. The van der Waals surface area contributed by atoms with Crippen molar-refractivity contribution < 1.29 is 13.5 Å². The standard InChI is InChI=1S/C14H15NO3S/c1-11-5-2-3-6-12(11)10-15-19(17,18)14-8-4-7-13(16)9-14/h2-9,15-16H,10H2,1H3. The summed E-state index contributed by atoms with van der Waals surface area (Å²) in [5, 5.41) is 9.31. The Labute approximate surface area is 112 Å². The Bertz CT molecular complexity index is 681. The predicted octanol–water partition coefficient (Wildman–Crippen LogP) is 2.18. The molecule has 0 aliphatic carbocycles. The molecule has 0 aromatic heterocycles. The Morgan fingerprint density at radius 3 is 2.53 bits per heavy atom. The van der Waals surface area contributed by atoms with Gasteiger partial charge in [0.15, 0.2) is 0 Å². The first-order chi connectivity index (χ1) is 8.99. The zero-order chi connectivity index (χ0) is 13.9. The Morgan fingerprint density at radius 2 is 1.84 bits per heavy atom. The Kier molecular flexibility index (Phi) is 3.87. The number of nitrogens with one attached hydrogen (secondary N) is 1. The van der Waals surface area contributed by atoms with E-state index < -0.39 is 10.0 Å². The van der Waals surface area contributed by atoms with Crippen LogP contribution in [0.4, 0.5) is 0 Å². The summed E-state index contributed by atoms with van der Waals surface area (Å²) in [6.45, 7) is 2.16. The number of hydrogen-bond donors (Lipinski definition) is 2. The molecule has 0 amide bonds. The fourth-order valence-electron chi connectivity index (χ4n) is 1.72. The molecule has 0 aliphatic rings. The van der Waals surface area contributed by atoms with Crippen LogP contribution in [0.2, 0.25) is 0 Å². The highest BCUT2D eigenvalue weighted by Crippen LogP contribution is 2.16. The zero-order valence-electron chi connectivity index (χ0n) is 10.5. The number of hydrogen-bond acceptors (Lipinski definition) is 3. The van der Waals surface area contributed by atoms with Gasteiger partial charge in [0.05, 0.1) is 4.90 Å². The lowest BCUT2D eigenvalue weighted by Gasteiger charge is -2.09. The van der Waals surface area contributed by atoms with Crippen molar-refractivity contribution in [3.63, 3.8) is 0 Å². The van der Waals surface area contributed by atoms with Crippen LogP contribution in [0.5, 0.6) is 5.75 Å². The van der Waals surface area contributed by atoms with Crippen LogP contribution in [0.25, 0.3) is 0 Å². The minimum Gasteiger partial charge on any atom is -0.508 e. The molecule has 0 spiro atoms. The smallest absolute Gasteiger partial charge is 0.241 e. The van der Waals surface area contributed by atoms with E-state index in [0.717, 1.165) is 11.1 Å². The van der Waals surface area contributed by atoms with Gasteiger partial charge in [-0.15, -0.1) is 0 Å². The highest BCUT2D eigenvalue weighted by Gasteiger charge is 2.14. The number of rotatable bonds is 4. The van der Waals surface area contributed by atoms with Crippen molar-refractivity contribution in [1.29, 1.82) is 0 Å². The second kappa shape index (κ2) is 5.42. The number of benzene rings is 2. The maximum absolute atomic E-state index is 12.0. The molecule has 5 heteroatoms. The van der Waals surface area contributed by atoms with Crippen LogP contribution < -0.4 is 4.72 Å². The molecule has 2 aromatic carbocycles. The van der Waals surface area contributed by atoms with Gasteiger partial charge in [0.1, 0.15) is 5.75 Å². The van der Waals surface area contributed by atoms with Gasteiger partial charge in [0.25, 0.3) is 0 Å². The van der Waals surface area contributed by atoms with Gasteiger partial charge in [-0.05, 0) is 36.2 Å². The second-order valence-corrected chi connectivity index (χ2v) is 6.02. The summed E-state index contributed by atoms with van der Waals surface area (Å²) in [6.07, 6.45) is 0. The van der Waals surface area contributed by atoms with E-state index in [-0.39, 0.29) is 17.2 Å². The third-order valence-electron chi connectivity index (χ3n) is 2.84. The summed E-state index contributed by atoms with van der Waals surface area (Å²) in [5.74, 6) is -0.0706. The SMILES string of the molecule is Cc1ccccc1CNS(=O)(=O)c1cccc(O)c1. The van der Waals surface area contributed by atoms with Gasteiger partial charge in [-0.1, -0.05) is 30.3 Å². The van der Waals surface area contributed by atoms with E-state index in [9.17, 15) is 13.5 Å². The number of phenolic OH excluding ortho intramolecular Hbond substituents is 1. The molecule has 0 heterocycles. The summed E-state index contributed by atoms with van der Waals surface area (Å²) in [6, 6.07) is 13.2. The normalized spacial score (nSPS) is 11.4. The van der Waals surface area contributed by atoms with Crippen molar-refractivity contribution in [2.45, 2.75) is 18.4 Å². The van der Waals surface area contributed by atoms with Gasteiger partial charge in [-0.25, -0.2) is 13.1 Å². The number of aromatic hydroxyl groups is 1. The first kappa shape index (κ1) is 13.6. The van der Waals surface area contributed by atoms with E-state index >= 15 is 0 Å². The van der Waals surface area contributed by atoms with E-state index in [1.54, 1.807) is 0 Å². The lowest BCUT2D eigenvalue weighted by molar-refractivity contribution is 0.473. The van der Waals surface area contributed by atoms with Crippen molar-refractivity contribution in [1.82, 2.24) is 4.72 Å². The molecule has 0 saturated heterocycles. The molecular formula is C14H15NO3S. The highest BCUT2D eigenvalue weighted by atomic mass is 32.2. The van der Waals surface area contributed by atoms with Crippen molar-refractivity contribution in [3.05, 3.63) is 59.7 Å². The molecular weight excluding hydrogens is 262 g/mol. The molecule has 0 atom stereocenters. The highest BCUT2D eigenvalue weighted by molar-refractivity contribution is 7.89. The maximum atomic E-state index is 12.0. The zero-order valence-corrected chi connectivity index (χ0v) is 11.3. The maximum Gasteiger partial charge on any atom is 0.241 e. The summed E-state index contributed by atoms with van der Waals surface area (Å²) >= 11 is 0. The molecule has 2 aromatic rings. The number of sulfonamides is 1. The van der Waals surface area contributed by atoms with Crippen LogP contribution >= 0.6 is 0 Å². The average molecular weight is 277 g/mol. The monoisotopic (exact) mass is 277 g/mol. The molecule has 0 unspecified atom stereocenters. The third-order valence-corrected chi connectivity index (χ3v) is 4.24. The fraction of sp³-hybridized carbons (Fsp3) is 0.143. The van der Waals surface area contributed by atoms with E-state index in [1.807, 2.05) is 31.2 Å².